The van der Waals surface area contributed by atoms with Gasteiger partial charge in [0.1, 0.15) is 5.82 Å². The monoisotopic (exact) mass is 253 g/mol. The number of anilines is 1. The molecule has 92 valence electrons. The zero-order valence-electron chi connectivity index (χ0n) is 9.58. The van der Waals surface area contributed by atoms with Gasteiger partial charge in [-0.25, -0.2) is 4.98 Å². The van der Waals surface area contributed by atoms with E-state index in [2.05, 4.69) is 10.3 Å². The van der Waals surface area contributed by atoms with Crippen molar-refractivity contribution in [3.8, 4) is 0 Å². The average Bonchev–Trinajstić information content (AvgIpc) is 2.33. The van der Waals surface area contributed by atoms with Crippen LogP contribution in [0.2, 0.25) is 5.02 Å². The molecule has 0 amide bonds. The number of ketones is 1. The van der Waals surface area contributed by atoms with Gasteiger partial charge in [0.05, 0.1) is 10.6 Å². The SMILES string of the molecule is Nc1ncc(Cl)cc1C(=O)CC1CCNCC1. The first kappa shape index (κ1) is 12.3. The van der Waals surface area contributed by atoms with Gasteiger partial charge in [0.25, 0.3) is 0 Å². The van der Waals surface area contributed by atoms with Crippen LogP contribution in [0.15, 0.2) is 12.3 Å². The Morgan fingerprint density at radius 3 is 2.94 bits per heavy atom. The number of nitrogens with zero attached hydrogens (tertiary/aromatic N) is 1. The van der Waals surface area contributed by atoms with E-state index in [0.29, 0.717) is 22.9 Å². The van der Waals surface area contributed by atoms with Crippen molar-refractivity contribution in [3.05, 3.63) is 22.8 Å². The Morgan fingerprint density at radius 2 is 2.24 bits per heavy atom. The second kappa shape index (κ2) is 5.47. The van der Waals surface area contributed by atoms with Crippen LogP contribution in [-0.2, 0) is 0 Å². The third-order valence-corrected chi connectivity index (χ3v) is 3.33. The fraction of sp³-hybridized carbons (Fsp3) is 0.500. The van der Waals surface area contributed by atoms with Gasteiger partial charge in [0, 0.05) is 12.6 Å². The summed E-state index contributed by atoms with van der Waals surface area (Å²) in [5.74, 6) is 0.764. The third kappa shape index (κ3) is 3.17. The molecule has 0 radical (unpaired) electrons. The first-order valence-corrected chi connectivity index (χ1v) is 6.19. The van der Waals surface area contributed by atoms with Gasteiger partial charge < -0.3 is 11.1 Å². The Balaban J connectivity index is 2.05. The highest BCUT2D eigenvalue weighted by molar-refractivity contribution is 6.31. The summed E-state index contributed by atoms with van der Waals surface area (Å²) in [4.78, 5) is 16.0. The van der Waals surface area contributed by atoms with Gasteiger partial charge >= 0.3 is 0 Å². The maximum absolute atomic E-state index is 12.1. The number of hydrogen-bond acceptors (Lipinski definition) is 4. The summed E-state index contributed by atoms with van der Waals surface area (Å²) in [5, 5.41) is 3.73. The molecule has 1 saturated heterocycles. The number of carbonyl (C=O) groups excluding carboxylic acids is 1. The van der Waals surface area contributed by atoms with E-state index in [1.54, 1.807) is 6.07 Å². The average molecular weight is 254 g/mol. The lowest BCUT2D eigenvalue weighted by Gasteiger charge is -2.21. The van der Waals surface area contributed by atoms with Crippen LogP contribution < -0.4 is 11.1 Å². The van der Waals surface area contributed by atoms with Crippen LogP contribution in [0.4, 0.5) is 5.82 Å². The van der Waals surface area contributed by atoms with E-state index in [0.717, 1.165) is 25.9 Å². The molecule has 4 nitrogen and oxygen atoms in total. The van der Waals surface area contributed by atoms with Gasteiger partial charge in [-0.15, -0.1) is 0 Å². The van der Waals surface area contributed by atoms with E-state index in [-0.39, 0.29) is 11.6 Å². The fourth-order valence-electron chi connectivity index (χ4n) is 2.13. The van der Waals surface area contributed by atoms with Crippen molar-refractivity contribution in [2.75, 3.05) is 18.8 Å². The first-order chi connectivity index (χ1) is 8.16. The second-order valence-electron chi connectivity index (χ2n) is 4.41. The quantitative estimate of drug-likeness (QED) is 0.808. The Kier molecular flexibility index (Phi) is 3.97. The summed E-state index contributed by atoms with van der Waals surface area (Å²) in [6.07, 6.45) is 4.07. The molecule has 0 unspecified atom stereocenters. The summed E-state index contributed by atoms with van der Waals surface area (Å²) in [5.41, 5.74) is 6.15. The van der Waals surface area contributed by atoms with E-state index in [1.807, 2.05) is 0 Å². The van der Waals surface area contributed by atoms with Crippen LogP contribution in [0.3, 0.4) is 0 Å². The molecule has 0 atom stereocenters. The minimum Gasteiger partial charge on any atom is -0.383 e. The molecule has 0 aliphatic carbocycles. The van der Waals surface area contributed by atoms with E-state index >= 15 is 0 Å². The molecule has 2 rings (SSSR count). The summed E-state index contributed by atoms with van der Waals surface area (Å²) in [6, 6.07) is 1.60. The van der Waals surface area contributed by atoms with Gasteiger partial charge in [-0.05, 0) is 37.9 Å². The number of Topliss-reactive ketones (excluding diaryl/α,β-unsaturated/α-hetero) is 1. The normalized spacial score (nSPS) is 17.0. The molecule has 3 N–H and O–H groups in total. The molecule has 5 heteroatoms. The minimum atomic E-state index is 0.0457. The molecule has 0 bridgehead atoms. The lowest BCUT2D eigenvalue weighted by atomic mass is 9.91. The molecule has 1 aromatic heterocycles. The van der Waals surface area contributed by atoms with E-state index in [1.165, 1.54) is 6.20 Å². The summed E-state index contributed by atoms with van der Waals surface area (Å²) >= 11 is 5.82. The van der Waals surface area contributed by atoms with Crippen molar-refractivity contribution in [2.45, 2.75) is 19.3 Å². The molecule has 1 aromatic rings. The van der Waals surface area contributed by atoms with Crippen LogP contribution >= 0.6 is 11.6 Å². The molecular formula is C12H16ClN3O. The van der Waals surface area contributed by atoms with Crippen molar-refractivity contribution in [2.24, 2.45) is 5.92 Å². The van der Waals surface area contributed by atoms with Crippen molar-refractivity contribution in [3.63, 3.8) is 0 Å². The molecule has 2 heterocycles. The van der Waals surface area contributed by atoms with Crippen molar-refractivity contribution in [1.29, 1.82) is 0 Å². The number of aromatic nitrogens is 1. The lowest BCUT2D eigenvalue weighted by molar-refractivity contribution is 0.0953. The number of rotatable bonds is 3. The predicted molar refractivity (Wildman–Crippen MR) is 68.2 cm³/mol. The number of nitrogens with one attached hydrogen (secondary N) is 1. The molecule has 0 saturated carbocycles. The number of piperidine rings is 1. The molecule has 0 spiro atoms. The highest BCUT2D eigenvalue weighted by Gasteiger charge is 2.19. The van der Waals surface area contributed by atoms with Crippen LogP contribution in [0, 0.1) is 5.92 Å². The molecule has 1 fully saturated rings. The smallest absolute Gasteiger partial charge is 0.166 e. The third-order valence-electron chi connectivity index (χ3n) is 3.12. The van der Waals surface area contributed by atoms with Gasteiger partial charge in [-0.3, -0.25) is 4.79 Å². The summed E-state index contributed by atoms with van der Waals surface area (Å²) < 4.78 is 0. The van der Waals surface area contributed by atoms with Crippen LogP contribution in [0.5, 0.6) is 0 Å². The van der Waals surface area contributed by atoms with Crippen molar-refractivity contribution < 1.29 is 4.79 Å². The van der Waals surface area contributed by atoms with Gasteiger partial charge in [-0.1, -0.05) is 11.6 Å². The molecular weight excluding hydrogens is 238 g/mol. The fourth-order valence-corrected chi connectivity index (χ4v) is 2.29. The number of halogens is 1. The van der Waals surface area contributed by atoms with Gasteiger partial charge in [0.2, 0.25) is 0 Å². The zero-order valence-corrected chi connectivity index (χ0v) is 10.3. The predicted octanol–water partition coefficient (Wildman–Crippen LogP) is 1.89. The second-order valence-corrected chi connectivity index (χ2v) is 4.84. The van der Waals surface area contributed by atoms with Crippen molar-refractivity contribution in [1.82, 2.24) is 10.3 Å². The lowest BCUT2D eigenvalue weighted by Crippen LogP contribution is -2.29. The Labute approximate surface area is 106 Å². The molecule has 0 aromatic carbocycles. The Morgan fingerprint density at radius 1 is 1.53 bits per heavy atom. The maximum atomic E-state index is 12.1. The van der Waals surface area contributed by atoms with Gasteiger partial charge in [-0.2, -0.15) is 0 Å². The van der Waals surface area contributed by atoms with E-state index < -0.39 is 0 Å². The number of pyridine rings is 1. The minimum absolute atomic E-state index is 0.0457. The molecule has 17 heavy (non-hydrogen) atoms. The van der Waals surface area contributed by atoms with Crippen molar-refractivity contribution >= 4 is 23.2 Å². The number of hydrogen-bond donors (Lipinski definition) is 2. The summed E-state index contributed by atoms with van der Waals surface area (Å²) in [7, 11) is 0. The van der Waals surface area contributed by atoms with Crippen LogP contribution in [0.25, 0.3) is 0 Å². The Bertz CT molecular complexity index is 416. The molecule has 1 aliphatic heterocycles. The zero-order chi connectivity index (χ0) is 12.3. The topological polar surface area (TPSA) is 68.0 Å². The largest absolute Gasteiger partial charge is 0.383 e. The first-order valence-electron chi connectivity index (χ1n) is 5.82. The standard InChI is InChI=1S/C12H16ClN3O/c13-9-6-10(12(14)16-7-9)11(17)5-8-1-3-15-4-2-8/h6-8,15H,1-5H2,(H2,14,16). The Hall–Kier alpha value is -1.13. The number of nitrogens with two attached hydrogens (primary N) is 1. The summed E-state index contributed by atoms with van der Waals surface area (Å²) in [6.45, 7) is 1.97. The number of nitrogen functional groups attached to an aromatic ring is 1. The maximum Gasteiger partial charge on any atom is 0.166 e. The molecule has 1 aliphatic rings. The van der Waals surface area contributed by atoms with Gasteiger partial charge in [0.15, 0.2) is 5.78 Å². The number of carbonyl (C=O) groups is 1. The van der Waals surface area contributed by atoms with E-state index in [9.17, 15) is 4.79 Å². The highest BCUT2D eigenvalue weighted by Crippen LogP contribution is 2.22. The highest BCUT2D eigenvalue weighted by atomic mass is 35.5. The van der Waals surface area contributed by atoms with E-state index in [4.69, 9.17) is 17.3 Å². The van der Waals surface area contributed by atoms with Crippen LogP contribution in [0.1, 0.15) is 29.6 Å². The van der Waals surface area contributed by atoms with Crippen LogP contribution in [-0.4, -0.2) is 23.9 Å².